The van der Waals surface area contributed by atoms with E-state index < -0.39 is 0 Å². The van der Waals surface area contributed by atoms with E-state index in [1.54, 1.807) is 6.07 Å². The average Bonchev–Trinajstić information content (AvgIpc) is 2.58. The predicted molar refractivity (Wildman–Crippen MR) is 103 cm³/mol. The Morgan fingerprint density at radius 2 is 1.54 bits per heavy atom. The van der Waals surface area contributed by atoms with Crippen molar-refractivity contribution in [3.05, 3.63) is 34.6 Å². The lowest BCUT2D eigenvalue weighted by Gasteiger charge is -2.28. The number of unbranched alkanes of at least 4 members (excludes halogenated alkanes) is 5. The van der Waals surface area contributed by atoms with Crippen LogP contribution in [0.2, 0.25) is 5.02 Å². The zero-order chi connectivity index (χ0) is 17.2. The molecule has 0 nitrogen and oxygen atoms in total. The van der Waals surface area contributed by atoms with Crippen LogP contribution in [-0.4, -0.2) is 0 Å². The molecule has 24 heavy (non-hydrogen) atoms. The second-order valence-electron chi connectivity index (χ2n) is 7.72. The third-order valence-electron chi connectivity index (χ3n) is 5.77. The molecule has 0 amide bonds. The molecule has 2 heteroatoms. The van der Waals surface area contributed by atoms with E-state index in [2.05, 4.69) is 6.92 Å². The number of aryl methyl sites for hydroxylation is 1. The molecule has 1 fully saturated rings. The Balaban J connectivity index is 1.57. The van der Waals surface area contributed by atoms with Crippen LogP contribution < -0.4 is 0 Å². The molecule has 0 aliphatic heterocycles. The highest BCUT2D eigenvalue weighted by Crippen LogP contribution is 2.34. The van der Waals surface area contributed by atoms with E-state index in [9.17, 15) is 4.39 Å². The van der Waals surface area contributed by atoms with Gasteiger partial charge in [0.15, 0.2) is 0 Å². The van der Waals surface area contributed by atoms with Gasteiger partial charge in [-0.3, -0.25) is 0 Å². The second kappa shape index (κ2) is 11.1. The molecular weight excluding hydrogens is 319 g/mol. The van der Waals surface area contributed by atoms with Gasteiger partial charge in [0.05, 0.1) is 0 Å². The Morgan fingerprint density at radius 3 is 2.21 bits per heavy atom. The Morgan fingerprint density at radius 1 is 0.917 bits per heavy atom. The minimum absolute atomic E-state index is 0.140. The molecule has 1 aromatic rings. The first-order valence-electron chi connectivity index (χ1n) is 10.1. The van der Waals surface area contributed by atoms with Gasteiger partial charge in [-0.05, 0) is 42.4 Å². The minimum Gasteiger partial charge on any atom is -0.207 e. The molecular formula is C22H34ClF. The van der Waals surface area contributed by atoms with E-state index >= 15 is 0 Å². The van der Waals surface area contributed by atoms with E-state index in [-0.39, 0.29) is 5.82 Å². The lowest BCUT2D eigenvalue weighted by atomic mass is 9.77. The molecule has 1 aliphatic carbocycles. The fourth-order valence-electron chi connectivity index (χ4n) is 4.11. The van der Waals surface area contributed by atoms with E-state index in [0.717, 1.165) is 30.2 Å². The molecule has 136 valence electrons. The van der Waals surface area contributed by atoms with Crippen molar-refractivity contribution < 1.29 is 4.39 Å². The van der Waals surface area contributed by atoms with Crippen molar-refractivity contribution in [1.29, 1.82) is 0 Å². The number of hydrogen-bond donors (Lipinski definition) is 0. The third-order valence-corrected chi connectivity index (χ3v) is 6.00. The van der Waals surface area contributed by atoms with Crippen LogP contribution in [-0.2, 0) is 6.42 Å². The van der Waals surface area contributed by atoms with Gasteiger partial charge in [0.25, 0.3) is 0 Å². The fourth-order valence-corrected chi connectivity index (χ4v) is 4.27. The first-order valence-corrected chi connectivity index (χ1v) is 10.5. The normalized spacial score (nSPS) is 21.1. The van der Waals surface area contributed by atoms with Gasteiger partial charge in [0.2, 0.25) is 0 Å². The molecule has 0 N–H and O–H groups in total. The van der Waals surface area contributed by atoms with E-state index in [4.69, 9.17) is 11.6 Å². The quantitative estimate of drug-likeness (QED) is 0.374. The van der Waals surface area contributed by atoms with Crippen molar-refractivity contribution in [2.45, 2.75) is 90.4 Å². The summed E-state index contributed by atoms with van der Waals surface area (Å²) in [5.74, 6) is 1.61. The maximum atomic E-state index is 13.8. The third kappa shape index (κ3) is 7.13. The summed E-state index contributed by atoms with van der Waals surface area (Å²) in [5, 5.41) is 0.492. The van der Waals surface area contributed by atoms with E-state index in [1.165, 1.54) is 76.7 Å². The van der Waals surface area contributed by atoms with Gasteiger partial charge >= 0.3 is 0 Å². The first-order chi connectivity index (χ1) is 11.7. The van der Waals surface area contributed by atoms with Crippen LogP contribution in [0.4, 0.5) is 4.39 Å². The summed E-state index contributed by atoms with van der Waals surface area (Å²) in [6, 6.07) is 5.09. The smallest absolute Gasteiger partial charge is 0.127 e. The standard InChI is InChI=1S/C22H34ClF/c1-2-3-4-5-6-7-8-18-9-11-19(12-10-18)13-14-20-15-16-21(23)17-22(20)24/h15-19H,2-14H2,1H3/t18-,19-. The number of rotatable bonds is 10. The maximum Gasteiger partial charge on any atom is 0.127 e. The van der Waals surface area contributed by atoms with Gasteiger partial charge in [-0.2, -0.15) is 0 Å². The molecule has 0 heterocycles. The summed E-state index contributed by atoms with van der Waals surface area (Å²) in [6.45, 7) is 2.28. The zero-order valence-corrected chi connectivity index (χ0v) is 16.1. The van der Waals surface area contributed by atoms with Crippen LogP contribution >= 0.6 is 11.6 Å². The maximum absolute atomic E-state index is 13.8. The van der Waals surface area contributed by atoms with Gasteiger partial charge in [-0.1, -0.05) is 95.2 Å². The summed E-state index contributed by atoms with van der Waals surface area (Å²) >= 11 is 5.82. The van der Waals surface area contributed by atoms with Crippen molar-refractivity contribution in [2.24, 2.45) is 11.8 Å². The Bertz CT molecular complexity index is 463. The van der Waals surface area contributed by atoms with Crippen molar-refractivity contribution in [1.82, 2.24) is 0 Å². The van der Waals surface area contributed by atoms with E-state index in [1.807, 2.05) is 6.07 Å². The van der Waals surface area contributed by atoms with Crippen molar-refractivity contribution >= 4 is 11.6 Å². The Kier molecular flexibility index (Phi) is 9.17. The topological polar surface area (TPSA) is 0 Å². The summed E-state index contributed by atoms with van der Waals surface area (Å²) in [6.07, 6.45) is 17.3. The van der Waals surface area contributed by atoms with Gasteiger partial charge < -0.3 is 0 Å². The molecule has 0 bridgehead atoms. The number of benzene rings is 1. The van der Waals surface area contributed by atoms with Gasteiger partial charge in [0, 0.05) is 5.02 Å². The molecule has 1 aliphatic rings. The molecule has 0 saturated heterocycles. The van der Waals surface area contributed by atoms with Gasteiger partial charge in [-0.25, -0.2) is 4.39 Å². The van der Waals surface area contributed by atoms with Crippen LogP contribution in [0, 0.1) is 17.7 Å². The minimum atomic E-state index is -0.140. The summed E-state index contributed by atoms with van der Waals surface area (Å²) in [4.78, 5) is 0. The monoisotopic (exact) mass is 352 g/mol. The molecule has 1 aromatic carbocycles. The molecule has 0 spiro atoms. The van der Waals surface area contributed by atoms with Crippen molar-refractivity contribution in [3.63, 3.8) is 0 Å². The Labute approximate surface area is 153 Å². The lowest BCUT2D eigenvalue weighted by molar-refractivity contribution is 0.248. The van der Waals surface area contributed by atoms with E-state index in [0.29, 0.717) is 5.02 Å². The van der Waals surface area contributed by atoms with Crippen LogP contribution in [0.5, 0.6) is 0 Å². The van der Waals surface area contributed by atoms with Crippen LogP contribution in [0.1, 0.15) is 89.5 Å². The van der Waals surface area contributed by atoms with Crippen LogP contribution in [0.25, 0.3) is 0 Å². The largest absolute Gasteiger partial charge is 0.207 e. The van der Waals surface area contributed by atoms with Crippen molar-refractivity contribution in [3.8, 4) is 0 Å². The van der Waals surface area contributed by atoms with Crippen LogP contribution in [0.3, 0.4) is 0 Å². The molecule has 1 saturated carbocycles. The average molecular weight is 353 g/mol. The first kappa shape index (κ1) is 19.8. The highest BCUT2D eigenvalue weighted by atomic mass is 35.5. The summed E-state index contributed by atoms with van der Waals surface area (Å²) < 4.78 is 13.8. The molecule has 0 atom stereocenters. The van der Waals surface area contributed by atoms with Crippen molar-refractivity contribution in [2.75, 3.05) is 0 Å². The highest BCUT2D eigenvalue weighted by Gasteiger charge is 2.21. The molecule has 2 rings (SSSR count). The second-order valence-corrected chi connectivity index (χ2v) is 8.15. The lowest BCUT2D eigenvalue weighted by Crippen LogP contribution is -2.15. The summed E-state index contributed by atoms with van der Waals surface area (Å²) in [5.41, 5.74) is 0.827. The van der Waals surface area contributed by atoms with Gasteiger partial charge in [-0.15, -0.1) is 0 Å². The fraction of sp³-hybridized carbons (Fsp3) is 0.727. The SMILES string of the molecule is CCCCCCCC[C@H]1CC[C@H](CCc2ccc(Cl)cc2F)CC1. The molecule has 0 unspecified atom stereocenters. The zero-order valence-electron chi connectivity index (χ0n) is 15.3. The predicted octanol–water partition coefficient (Wildman–Crippen LogP) is 7.97. The highest BCUT2D eigenvalue weighted by molar-refractivity contribution is 6.30. The Hall–Kier alpha value is -0.560. The van der Waals surface area contributed by atoms with Crippen LogP contribution in [0.15, 0.2) is 18.2 Å². The molecule has 0 aromatic heterocycles. The number of halogens is 2. The molecule has 0 radical (unpaired) electrons. The van der Waals surface area contributed by atoms with Gasteiger partial charge in [0.1, 0.15) is 5.82 Å². The number of hydrogen-bond acceptors (Lipinski definition) is 0. The summed E-state index contributed by atoms with van der Waals surface area (Å²) in [7, 11) is 0.